The van der Waals surface area contributed by atoms with Crippen LogP contribution in [-0.4, -0.2) is 40.5 Å². The largest absolute Gasteiger partial charge is 0.492 e. The Bertz CT molecular complexity index is 1110. The van der Waals surface area contributed by atoms with Crippen molar-refractivity contribution in [2.45, 2.75) is 19.4 Å². The Labute approximate surface area is 180 Å². The van der Waals surface area contributed by atoms with Crippen LogP contribution in [0.5, 0.6) is 5.75 Å². The van der Waals surface area contributed by atoms with Crippen molar-refractivity contribution in [3.8, 4) is 5.75 Å². The third-order valence-electron chi connectivity index (χ3n) is 4.57. The number of ether oxygens (including phenoxy) is 1. The summed E-state index contributed by atoms with van der Waals surface area (Å²) in [6.07, 6.45) is 0.684. The van der Waals surface area contributed by atoms with Crippen LogP contribution in [0.2, 0.25) is 0 Å². The van der Waals surface area contributed by atoms with Crippen molar-refractivity contribution in [1.29, 1.82) is 0 Å². The van der Waals surface area contributed by atoms with Gasteiger partial charge in [-0.05, 0) is 36.8 Å². The average Bonchev–Trinajstić information content (AvgIpc) is 3.03. The van der Waals surface area contributed by atoms with Gasteiger partial charge in [0.05, 0.1) is 23.1 Å². The van der Waals surface area contributed by atoms with Gasteiger partial charge >= 0.3 is 5.76 Å². The molecular formula is C20H20BrN3O6. The maximum absolute atomic E-state index is 12.3. The maximum atomic E-state index is 12.3. The van der Waals surface area contributed by atoms with E-state index >= 15 is 0 Å². The van der Waals surface area contributed by atoms with Crippen LogP contribution in [0, 0.1) is 10.1 Å². The number of non-ortho nitro benzene ring substituents is 1. The van der Waals surface area contributed by atoms with E-state index in [1.807, 2.05) is 24.3 Å². The van der Waals surface area contributed by atoms with Gasteiger partial charge in [-0.3, -0.25) is 19.5 Å². The van der Waals surface area contributed by atoms with Crippen molar-refractivity contribution in [2.24, 2.45) is 0 Å². The van der Waals surface area contributed by atoms with E-state index in [2.05, 4.69) is 15.9 Å². The molecule has 1 heterocycles. The first-order valence-corrected chi connectivity index (χ1v) is 10.0. The Morgan fingerprint density at radius 3 is 2.70 bits per heavy atom. The summed E-state index contributed by atoms with van der Waals surface area (Å²) in [4.78, 5) is 36.2. The van der Waals surface area contributed by atoms with E-state index in [0.717, 1.165) is 10.2 Å². The van der Waals surface area contributed by atoms with E-state index in [1.54, 1.807) is 11.9 Å². The third-order valence-corrected chi connectivity index (χ3v) is 5.10. The van der Waals surface area contributed by atoms with E-state index in [1.165, 1.54) is 22.8 Å². The molecule has 0 saturated heterocycles. The first kappa shape index (κ1) is 21.6. The Morgan fingerprint density at radius 1 is 1.27 bits per heavy atom. The van der Waals surface area contributed by atoms with Crippen LogP contribution in [0.1, 0.15) is 12.8 Å². The summed E-state index contributed by atoms with van der Waals surface area (Å²) < 4.78 is 13.0. The highest BCUT2D eigenvalue weighted by Crippen LogP contribution is 2.20. The van der Waals surface area contributed by atoms with Crippen LogP contribution in [0.15, 0.2) is 56.1 Å². The standard InChI is InChI=1S/C20H20BrN3O6/c1-22(11-12-29-16-7-4-14(21)5-8-16)19(25)3-2-10-23-17-9-6-15(24(27)28)13-18(17)30-20(23)26/h4-9,13H,2-3,10-12H2,1H3. The minimum atomic E-state index is -0.603. The minimum Gasteiger partial charge on any atom is -0.492 e. The fraction of sp³-hybridized carbons (Fsp3) is 0.300. The molecule has 158 valence electrons. The van der Waals surface area contributed by atoms with Gasteiger partial charge in [-0.2, -0.15) is 0 Å². The number of aryl methyl sites for hydroxylation is 1. The number of aromatic nitrogens is 1. The third kappa shape index (κ3) is 5.26. The Kier molecular flexibility index (Phi) is 6.88. The first-order chi connectivity index (χ1) is 14.3. The van der Waals surface area contributed by atoms with Crippen molar-refractivity contribution in [3.05, 3.63) is 67.6 Å². The molecule has 0 unspecified atom stereocenters. The molecule has 1 amide bonds. The molecule has 0 spiro atoms. The quantitative estimate of drug-likeness (QED) is 0.344. The van der Waals surface area contributed by atoms with Gasteiger partial charge < -0.3 is 14.1 Å². The molecule has 1 aromatic heterocycles. The molecular weight excluding hydrogens is 458 g/mol. The van der Waals surface area contributed by atoms with Crippen LogP contribution in [0.3, 0.4) is 0 Å². The molecule has 3 rings (SSSR count). The summed E-state index contributed by atoms with van der Waals surface area (Å²) in [5.41, 5.74) is 0.475. The Hall–Kier alpha value is -3.14. The maximum Gasteiger partial charge on any atom is 0.419 e. The zero-order valence-electron chi connectivity index (χ0n) is 16.2. The molecule has 0 fully saturated rings. The second-order valence-electron chi connectivity index (χ2n) is 6.65. The van der Waals surface area contributed by atoms with Gasteiger partial charge in [-0.1, -0.05) is 15.9 Å². The number of hydrogen-bond acceptors (Lipinski definition) is 6. The highest BCUT2D eigenvalue weighted by atomic mass is 79.9. The fourth-order valence-corrected chi connectivity index (χ4v) is 3.18. The number of fused-ring (bicyclic) bond motifs is 1. The molecule has 0 saturated carbocycles. The summed E-state index contributed by atoms with van der Waals surface area (Å²) in [5, 5.41) is 10.8. The number of carbonyl (C=O) groups excluding carboxylic acids is 1. The second-order valence-corrected chi connectivity index (χ2v) is 7.57. The van der Waals surface area contributed by atoms with Crippen molar-refractivity contribution >= 4 is 38.6 Å². The second kappa shape index (κ2) is 9.57. The monoisotopic (exact) mass is 477 g/mol. The van der Waals surface area contributed by atoms with Crippen molar-refractivity contribution in [3.63, 3.8) is 0 Å². The number of nitrogens with zero attached hydrogens (tertiary/aromatic N) is 3. The zero-order valence-corrected chi connectivity index (χ0v) is 17.8. The number of rotatable bonds is 9. The highest BCUT2D eigenvalue weighted by molar-refractivity contribution is 9.10. The number of nitro benzene ring substituents is 1. The predicted molar refractivity (Wildman–Crippen MR) is 114 cm³/mol. The van der Waals surface area contributed by atoms with Gasteiger partial charge in [0, 0.05) is 30.6 Å². The average molecular weight is 478 g/mol. The van der Waals surface area contributed by atoms with Gasteiger partial charge in [-0.25, -0.2) is 4.79 Å². The number of halogens is 1. The van der Waals surface area contributed by atoms with E-state index in [4.69, 9.17) is 9.15 Å². The van der Waals surface area contributed by atoms with Crippen LogP contribution < -0.4 is 10.5 Å². The van der Waals surface area contributed by atoms with Gasteiger partial charge in [-0.15, -0.1) is 0 Å². The molecule has 0 aliphatic carbocycles. The molecule has 0 atom stereocenters. The van der Waals surface area contributed by atoms with Gasteiger partial charge in [0.2, 0.25) is 5.91 Å². The Balaban J connectivity index is 1.49. The number of amides is 1. The van der Waals surface area contributed by atoms with Gasteiger partial charge in [0.1, 0.15) is 12.4 Å². The van der Waals surface area contributed by atoms with E-state index in [-0.39, 0.29) is 30.1 Å². The zero-order chi connectivity index (χ0) is 21.7. The molecule has 3 aromatic rings. The molecule has 30 heavy (non-hydrogen) atoms. The number of nitro groups is 1. The molecule has 0 aliphatic rings. The lowest BCUT2D eigenvalue weighted by Crippen LogP contribution is -2.31. The smallest absolute Gasteiger partial charge is 0.419 e. The van der Waals surface area contributed by atoms with Crippen LogP contribution >= 0.6 is 15.9 Å². The van der Waals surface area contributed by atoms with Crippen LogP contribution in [-0.2, 0) is 11.3 Å². The van der Waals surface area contributed by atoms with Gasteiger partial charge in [0.15, 0.2) is 5.58 Å². The molecule has 0 radical (unpaired) electrons. The normalized spacial score (nSPS) is 10.9. The van der Waals surface area contributed by atoms with E-state index < -0.39 is 10.7 Å². The lowest BCUT2D eigenvalue weighted by molar-refractivity contribution is -0.384. The van der Waals surface area contributed by atoms with Gasteiger partial charge in [0.25, 0.3) is 5.69 Å². The summed E-state index contributed by atoms with van der Waals surface area (Å²) in [5.74, 6) is 0.0607. The molecule has 10 heteroatoms. The molecule has 0 aliphatic heterocycles. The molecule has 0 bridgehead atoms. The summed E-state index contributed by atoms with van der Waals surface area (Å²) >= 11 is 3.36. The first-order valence-electron chi connectivity index (χ1n) is 9.25. The lowest BCUT2D eigenvalue weighted by Gasteiger charge is -2.17. The number of hydrogen-bond donors (Lipinski definition) is 0. The Morgan fingerprint density at radius 2 is 2.00 bits per heavy atom. The lowest BCUT2D eigenvalue weighted by atomic mass is 10.2. The predicted octanol–water partition coefficient (Wildman–Crippen LogP) is 3.58. The SMILES string of the molecule is CN(CCOc1ccc(Br)cc1)C(=O)CCCn1c(=O)oc2cc([N+](=O)[O-])ccc21. The van der Waals surface area contributed by atoms with E-state index in [9.17, 15) is 19.7 Å². The van der Waals surface area contributed by atoms with E-state index in [0.29, 0.717) is 25.1 Å². The molecule has 2 aromatic carbocycles. The van der Waals surface area contributed by atoms with Crippen LogP contribution in [0.4, 0.5) is 5.69 Å². The summed E-state index contributed by atoms with van der Waals surface area (Å²) in [7, 11) is 1.70. The fourth-order valence-electron chi connectivity index (χ4n) is 2.92. The number of oxazole rings is 1. The summed E-state index contributed by atoms with van der Waals surface area (Å²) in [6, 6.07) is 11.5. The number of likely N-dealkylation sites (N-methyl/N-ethyl adjacent to an activating group) is 1. The number of benzene rings is 2. The summed E-state index contributed by atoms with van der Waals surface area (Å²) in [6.45, 7) is 1.08. The molecule has 9 nitrogen and oxygen atoms in total. The van der Waals surface area contributed by atoms with Crippen molar-refractivity contribution in [1.82, 2.24) is 9.47 Å². The topological polar surface area (TPSA) is 108 Å². The van der Waals surface area contributed by atoms with Crippen LogP contribution in [0.25, 0.3) is 11.1 Å². The van der Waals surface area contributed by atoms with Crippen molar-refractivity contribution < 1.29 is 18.9 Å². The van der Waals surface area contributed by atoms with Crippen molar-refractivity contribution in [2.75, 3.05) is 20.2 Å². The molecule has 0 N–H and O–H groups in total. The number of carbonyl (C=O) groups is 1. The minimum absolute atomic E-state index is 0.0640. The highest BCUT2D eigenvalue weighted by Gasteiger charge is 2.15.